The highest BCUT2D eigenvalue weighted by molar-refractivity contribution is 5.21. The maximum atomic E-state index is 13.1. The van der Waals surface area contributed by atoms with E-state index in [2.05, 4.69) is 18.7 Å². The number of nitrogens with zero attached hydrogens (tertiary/aromatic N) is 1. The van der Waals surface area contributed by atoms with Crippen LogP contribution in [0.2, 0.25) is 0 Å². The molecule has 0 aliphatic rings. The van der Waals surface area contributed by atoms with Crippen LogP contribution in [-0.4, -0.2) is 25.0 Å². The molecule has 18 heavy (non-hydrogen) atoms. The summed E-state index contributed by atoms with van der Waals surface area (Å²) in [6.45, 7) is 5.91. The van der Waals surface area contributed by atoms with Crippen molar-refractivity contribution in [3.63, 3.8) is 0 Å². The summed E-state index contributed by atoms with van der Waals surface area (Å²) in [7, 11) is 1.99. The van der Waals surface area contributed by atoms with Crippen molar-refractivity contribution in [2.75, 3.05) is 20.1 Å². The standard InChI is InChI=1S/C14H22F2N2/c1-4-10(2)8-18(3)9-14(17)11-5-6-12(15)13(16)7-11/h5-7,10,14H,4,8-9,17H2,1-3H3. The zero-order valence-electron chi connectivity index (χ0n) is 11.3. The molecule has 0 saturated heterocycles. The first-order valence-corrected chi connectivity index (χ1v) is 6.33. The Hall–Kier alpha value is -1.00. The van der Waals surface area contributed by atoms with E-state index in [0.717, 1.165) is 19.0 Å². The van der Waals surface area contributed by atoms with Gasteiger partial charge >= 0.3 is 0 Å². The summed E-state index contributed by atoms with van der Waals surface area (Å²) in [5.41, 5.74) is 6.63. The molecule has 0 spiro atoms. The Bertz CT molecular complexity index is 382. The van der Waals surface area contributed by atoms with Crippen LogP contribution in [0.15, 0.2) is 18.2 Å². The number of rotatable bonds is 6. The van der Waals surface area contributed by atoms with E-state index < -0.39 is 11.6 Å². The predicted molar refractivity (Wildman–Crippen MR) is 70.2 cm³/mol. The molecule has 102 valence electrons. The van der Waals surface area contributed by atoms with E-state index in [9.17, 15) is 8.78 Å². The van der Waals surface area contributed by atoms with Gasteiger partial charge in [0, 0.05) is 19.1 Å². The maximum Gasteiger partial charge on any atom is 0.159 e. The normalized spacial score (nSPS) is 14.8. The van der Waals surface area contributed by atoms with Crippen molar-refractivity contribution in [3.05, 3.63) is 35.4 Å². The van der Waals surface area contributed by atoms with Gasteiger partial charge in [0.25, 0.3) is 0 Å². The summed E-state index contributed by atoms with van der Waals surface area (Å²) in [6, 6.07) is 3.55. The van der Waals surface area contributed by atoms with E-state index in [1.165, 1.54) is 6.07 Å². The Morgan fingerprint density at radius 3 is 2.44 bits per heavy atom. The largest absolute Gasteiger partial charge is 0.323 e. The first-order chi connectivity index (χ1) is 8.43. The van der Waals surface area contributed by atoms with Crippen LogP contribution >= 0.6 is 0 Å². The monoisotopic (exact) mass is 256 g/mol. The highest BCUT2D eigenvalue weighted by Gasteiger charge is 2.13. The fourth-order valence-electron chi connectivity index (χ4n) is 1.92. The molecule has 0 fully saturated rings. The highest BCUT2D eigenvalue weighted by Crippen LogP contribution is 2.16. The summed E-state index contributed by atoms with van der Waals surface area (Å²) < 4.78 is 25.9. The predicted octanol–water partition coefficient (Wildman–Crippen LogP) is 2.94. The van der Waals surface area contributed by atoms with Gasteiger partial charge in [0.1, 0.15) is 0 Å². The average Bonchev–Trinajstić information content (AvgIpc) is 2.32. The third-order valence-corrected chi connectivity index (χ3v) is 3.20. The molecule has 2 nitrogen and oxygen atoms in total. The van der Waals surface area contributed by atoms with E-state index >= 15 is 0 Å². The quantitative estimate of drug-likeness (QED) is 0.848. The first-order valence-electron chi connectivity index (χ1n) is 6.33. The molecule has 1 aromatic carbocycles. The zero-order valence-corrected chi connectivity index (χ0v) is 11.3. The van der Waals surface area contributed by atoms with Gasteiger partial charge in [0.05, 0.1) is 0 Å². The summed E-state index contributed by atoms with van der Waals surface area (Å²) >= 11 is 0. The Kier molecular flexibility index (Phi) is 5.69. The molecule has 0 aliphatic heterocycles. The Morgan fingerprint density at radius 1 is 1.22 bits per heavy atom. The number of benzene rings is 1. The molecule has 2 unspecified atom stereocenters. The molecule has 1 aromatic rings. The van der Waals surface area contributed by atoms with Gasteiger partial charge in [-0.2, -0.15) is 0 Å². The smallest absolute Gasteiger partial charge is 0.159 e. The van der Waals surface area contributed by atoms with E-state index in [1.807, 2.05) is 7.05 Å². The van der Waals surface area contributed by atoms with Gasteiger partial charge in [-0.15, -0.1) is 0 Å². The van der Waals surface area contributed by atoms with Crippen LogP contribution in [0, 0.1) is 17.6 Å². The minimum atomic E-state index is -0.840. The molecule has 0 aliphatic carbocycles. The lowest BCUT2D eigenvalue weighted by Gasteiger charge is -2.24. The van der Waals surface area contributed by atoms with Gasteiger partial charge in [0.2, 0.25) is 0 Å². The molecule has 4 heteroatoms. The van der Waals surface area contributed by atoms with Crippen molar-refractivity contribution in [3.8, 4) is 0 Å². The number of halogens is 2. The molecule has 0 bridgehead atoms. The molecule has 2 N–H and O–H groups in total. The molecule has 1 rings (SSSR count). The van der Waals surface area contributed by atoms with Crippen LogP contribution in [0.3, 0.4) is 0 Å². The van der Waals surface area contributed by atoms with Crippen LogP contribution in [0.1, 0.15) is 31.9 Å². The van der Waals surface area contributed by atoms with Gasteiger partial charge in [-0.3, -0.25) is 0 Å². The molecule has 0 amide bonds. The fraction of sp³-hybridized carbons (Fsp3) is 0.571. The third-order valence-electron chi connectivity index (χ3n) is 3.20. The van der Waals surface area contributed by atoms with E-state index in [1.54, 1.807) is 6.07 Å². The van der Waals surface area contributed by atoms with Crippen LogP contribution in [0.5, 0.6) is 0 Å². The van der Waals surface area contributed by atoms with Crippen LogP contribution < -0.4 is 5.73 Å². The fourth-order valence-corrected chi connectivity index (χ4v) is 1.92. The van der Waals surface area contributed by atoms with Crippen molar-refractivity contribution in [1.29, 1.82) is 0 Å². The molecular formula is C14H22F2N2. The lowest BCUT2D eigenvalue weighted by molar-refractivity contribution is 0.267. The van der Waals surface area contributed by atoms with Crippen molar-refractivity contribution >= 4 is 0 Å². The lowest BCUT2D eigenvalue weighted by Crippen LogP contribution is -2.32. The van der Waals surface area contributed by atoms with Crippen LogP contribution in [0.4, 0.5) is 8.78 Å². The SMILES string of the molecule is CCC(C)CN(C)CC(N)c1ccc(F)c(F)c1. The molecular weight excluding hydrogens is 234 g/mol. The van der Waals surface area contributed by atoms with E-state index in [0.29, 0.717) is 18.0 Å². The van der Waals surface area contributed by atoms with Gasteiger partial charge < -0.3 is 10.6 Å². The van der Waals surface area contributed by atoms with E-state index in [-0.39, 0.29) is 6.04 Å². The van der Waals surface area contributed by atoms with Crippen molar-refractivity contribution in [2.45, 2.75) is 26.3 Å². The minimum absolute atomic E-state index is 0.297. The number of hydrogen-bond acceptors (Lipinski definition) is 2. The Morgan fingerprint density at radius 2 is 1.89 bits per heavy atom. The summed E-state index contributed by atoms with van der Waals surface area (Å²) in [4.78, 5) is 2.13. The van der Waals surface area contributed by atoms with Crippen molar-refractivity contribution < 1.29 is 8.78 Å². The third kappa shape index (κ3) is 4.35. The van der Waals surface area contributed by atoms with Gasteiger partial charge in [0.15, 0.2) is 11.6 Å². The van der Waals surface area contributed by atoms with Crippen molar-refractivity contribution in [2.24, 2.45) is 11.7 Å². The molecule has 0 heterocycles. The Labute approximate surface area is 108 Å². The second-order valence-electron chi connectivity index (χ2n) is 5.01. The molecule has 2 atom stereocenters. The van der Waals surface area contributed by atoms with Gasteiger partial charge in [-0.05, 0) is 30.7 Å². The van der Waals surface area contributed by atoms with Gasteiger partial charge in [-0.1, -0.05) is 26.3 Å². The maximum absolute atomic E-state index is 13.1. The van der Waals surface area contributed by atoms with Gasteiger partial charge in [-0.25, -0.2) is 8.78 Å². The number of hydrogen-bond donors (Lipinski definition) is 1. The van der Waals surface area contributed by atoms with E-state index in [4.69, 9.17) is 5.73 Å². The summed E-state index contributed by atoms with van der Waals surface area (Å²) in [5.74, 6) is -1.07. The van der Waals surface area contributed by atoms with Crippen molar-refractivity contribution in [1.82, 2.24) is 4.90 Å². The number of nitrogens with two attached hydrogens (primary N) is 1. The minimum Gasteiger partial charge on any atom is -0.323 e. The topological polar surface area (TPSA) is 29.3 Å². The lowest BCUT2D eigenvalue weighted by atomic mass is 10.1. The molecule has 0 aromatic heterocycles. The van der Waals surface area contributed by atoms with Crippen LogP contribution in [-0.2, 0) is 0 Å². The molecule has 0 radical (unpaired) electrons. The number of likely N-dealkylation sites (N-methyl/N-ethyl adjacent to an activating group) is 1. The highest BCUT2D eigenvalue weighted by atomic mass is 19.2. The van der Waals surface area contributed by atoms with Crippen LogP contribution in [0.25, 0.3) is 0 Å². The summed E-state index contributed by atoms with van der Waals surface area (Å²) in [5, 5.41) is 0. The zero-order chi connectivity index (χ0) is 13.7. The molecule has 0 saturated carbocycles. The first kappa shape index (κ1) is 15.1. The summed E-state index contributed by atoms with van der Waals surface area (Å²) in [6.07, 6.45) is 1.12. The average molecular weight is 256 g/mol. The Balaban J connectivity index is 2.58. The second-order valence-corrected chi connectivity index (χ2v) is 5.01. The second kappa shape index (κ2) is 6.81.